The molecule has 0 radical (unpaired) electrons. The molecular formula is C22H21ClN4O3. The van der Waals surface area contributed by atoms with Crippen molar-refractivity contribution in [2.45, 2.75) is 12.8 Å². The van der Waals surface area contributed by atoms with Crippen LogP contribution in [0.15, 0.2) is 60.8 Å². The van der Waals surface area contributed by atoms with Crippen molar-refractivity contribution in [2.75, 3.05) is 18.4 Å². The van der Waals surface area contributed by atoms with E-state index in [2.05, 4.69) is 15.6 Å². The monoisotopic (exact) mass is 424 g/mol. The molecule has 0 saturated carbocycles. The van der Waals surface area contributed by atoms with Gasteiger partial charge in [0.1, 0.15) is 0 Å². The Labute approximate surface area is 178 Å². The summed E-state index contributed by atoms with van der Waals surface area (Å²) in [5, 5.41) is 18.7. The lowest BCUT2D eigenvalue weighted by Crippen LogP contribution is -2.22. The number of rotatable bonds is 9. The first-order valence-electron chi connectivity index (χ1n) is 9.51. The summed E-state index contributed by atoms with van der Waals surface area (Å²) < 4.78 is 0. The summed E-state index contributed by atoms with van der Waals surface area (Å²) in [6.07, 6.45) is 6.38. The number of unbranched alkanes of at least 4 members (excludes halogenated alkanes) is 1. The van der Waals surface area contributed by atoms with Crippen molar-refractivity contribution >= 4 is 45.9 Å². The second-order valence-electron chi connectivity index (χ2n) is 6.63. The van der Waals surface area contributed by atoms with Gasteiger partial charge in [0.2, 0.25) is 5.91 Å². The zero-order chi connectivity index (χ0) is 21.3. The summed E-state index contributed by atoms with van der Waals surface area (Å²) in [6, 6.07) is 13.7. The quantitative estimate of drug-likeness (QED) is 0.222. The smallest absolute Gasteiger partial charge is 0.270 e. The first-order valence-corrected chi connectivity index (χ1v) is 9.89. The van der Waals surface area contributed by atoms with E-state index in [0.717, 1.165) is 36.0 Å². The van der Waals surface area contributed by atoms with E-state index in [9.17, 15) is 14.9 Å². The number of fused-ring (bicyclic) bond motifs is 1. The fraction of sp³-hybridized carbons (Fsp3) is 0.182. The van der Waals surface area contributed by atoms with Gasteiger partial charge in [0.05, 0.1) is 10.4 Å². The van der Waals surface area contributed by atoms with Crippen LogP contribution in [-0.4, -0.2) is 28.9 Å². The van der Waals surface area contributed by atoms with Gasteiger partial charge in [0.15, 0.2) is 0 Å². The van der Waals surface area contributed by atoms with E-state index in [0.29, 0.717) is 17.1 Å². The molecule has 7 nitrogen and oxygen atoms in total. The van der Waals surface area contributed by atoms with Crippen LogP contribution >= 0.6 is 11.6 Å². The van der Waals surface area contributed by atoms with Crippen LogP contribution in [0.25, 0.3) is 17.0 Å². The van der Waals surface area contributed by atoms with Gasteiger partial charge in [0.25, 0.3) is 5.69 Å². The summed E-state index contributed by atoms with van der Waals surface area (Å²) in [6.45, 7) is 1.31. The van der Waals surface area contributed by atoms with Crippen LogP contribution < -0.4 is 10.6 Å². The molecular weight excluding hydrogens is 404 g/mol. The lowest BCUT2D eigenvalue weighted by molar-refractivity contribution is -0.384. The molecule has 1 amide bonds. The Balaban J connectivity index is 1.39. The Hall–Kier alpha value is -3.45. The topological polar surface area (TPSA) is 97.2 Å². The van der Waals surface area contributed by atoms with Crippen LogP contribution in [0.3, 0.4) is 0 Å². The third kappa shape index (κ3) is 6.02. The van der Waals surface area contributed by atoms with E-state index in [-0.39, 0.29) is 11.6 Å². The van der Waals surface area contributed by atoms with Crippen molar-refractivity contribution in [3.05, 3.63) is 81.5 Å². The molecule has 3 aromatic rings. The van der Waals surface area contributed by atoms with Crippen molar-refractivity contribution < 1.29 is 9.72 Å². The number of nitro benzene ring substituents is 1. The van der Waals surface area contributed by atoms with Crippen LogP contribution in [0.2, 0.25) is 5.02 Å². The fourth-order valence-corrected chi connectivity index (χ4v) is 3.10. The maximum Gasteiger partial charge on any atom is 0.270 e. The maximum atomic E-state index is 11.9. The predicted molar refractivity (Wildman–Crippen MR) is 120 cm³/mol. The van der Waals surface area contributed by atoms with E-state index in [4.69, 9.17) is 11.6 Å². The average Bonchev–Trinajstić information content (AvgIpc) is 2.74. The van der Waals surface area contributed by atoms with E-state index in [1.807, 2.05) is 24.3 Å². The normalized spacial score (nSPS) is 11.0. The van der Waals surface area contributed by atoms with Crippen LogP contribution in [0.5, 0.6) is 0 Å². The molecule has 154 valence electrons. The second-order valence-corrected chi connectivity index (χ2v) is 7.07. The van der Waals surface area contributed by atoms with Gasteiger partial charge >= 0.3 is 0 Å². The lowest BCUT2D eigenvalue weighted by Gasteiger charge is -2.09. The summed E-state index contributed by atoms with van der Waals surface area (Å²) >= 11 is 6.01. The second kappa shape index (κ2) is 10.4. The zero-order valence-corrected chi connectivity index (χ0v) is 16.9. The summed E-state index contributed by atoms with van der Waals surface area (Å²) in [5.41, 5.74) is 2.44. The minimum Gasteiger partial charge on any atom is -0.384 e. The highest BCUT2D eigenvalue weighted by atomic mass is 35.5. The Morgan fingerprint density at radius 1 is 1.13 bits per heavy atom. The number of hydrogen-bond donors (Lipinski definition) is 2. The molecule has 0 aliphatic rings. The summed E-state index contributed by atoms with van der Waals surface area (Å²) in [7, 11) is 0. The number of pyridine rings is 1. The van der Waals surface area contributed by atoms with Crippen LogP contribution in [-0.2, 0) is 4.79 Å². The largest absolute Gasteiger partial charge is 0.384 e. The number of halogens is 1. The Bertz CT molecular complexity index is 1080. The summed E-state index contributed by atoms with van der Waals surface area (Å²) in [4.78, 5) is 26.5. The Kier molecular flexibility index (Phi) is 7.34. The van der Waals surface area contributed by atoms with Crippen LogP contribution in [0.1, 0.15) is 18.4 Å². The average molecular weight is 425 g/mol. The van der Waals surface area contributed by atoms with Gasteiger partial charge in [-0.3, -0.25) is 19.9 Å². The van der Waals surface area contributed by atoms with Crippen molar-refractivity contribution in [1.29, 1.82) is 0 Å². The number of nitro groups is 1. The lowest BCUT2D eigenvalue weighted by atomic mass is 10.2. The van der Waals surface area contributed by atoms with E-state index >= 15 is 0 Å². The molecule has 0 aliphatic carbocycles. The van der Waals surface area contributed by atoms with Gasteiger partial charge in [-0.1, -0.05) is 23.7 Å². The van der Waals surface area contributed by atoms with Gasteiger partial charge in [-0.25, -0.2) is 0 Å². The molecule has 3 rings (SSSR count). The number of anilines is 1. The third-order valence-electron chi connectivity index (χ3n) is 4.43. The van der Waals surface area contributed by atoms with Gasteiger partial charge < -0.3 is 10.6 Å². The van der Waals surface area contributed by atoms with Gasteiger partial charge in [-0.15, -0.1) is 0 Å². The number of nitrogens with zero attached hydrogens (tertiary/aromatic N) is 2. The molecule has 0 unspecified atom stereocenters. The number of aromatic nitrogens is 1. The molecule has 1 heterocycles. The van der Waals surface area contributed by atoms with Gasteiger partial charge in [-0.2, -0.15) is 0 Å². The Morgan fingerprint density at radius 2 is 1.97 bits per heavy atom. The number of benzene rings is 2. The molecule has 0 bridgehead atoms. The van der Waals surface area contributed by atoms with Crippen molar-refractivity contribution in [2.24, 2.45) is 0 Å². The number of carbonyl (C=O) groups excluding carboxylic acids is 1. The molecule has 2 aromatic carbocycles. The standard InChI is InChI=1S/C22H21ClN4O3/c23-17-7-8-19-20(10-13-25-21(19)15-17)24-11-1-2-12-26-22(28)9-6-16-4-3-5-18(14-16)27(29)30/h3-10,13-15H,1-2,11-12H2,(H,24,25)(H,26,28)/b9-6+. The molecule has 0 saturated heterocycles. The van der Waals surface area contributed by atoms with Crippen LogP contribution in [0, 0.1) is 10.1 Å². The fourth-order valence-electron chi connectivity index (χ4n) is 2.93. The van der Waals surface area contributed by atoms with E-state index in [1.54, 1.807) is 24.4 Å². The molecule has 0 spiro atoms. The number of non-ortho nitro benzene ring substituents is 1. The predicted octanol–water partition coefficient (Wildman–Crippen LogP) is 4.82. The molecule has 1 aromatic heterocycles. The van der Waals surface area contributed by atoms with E-state index < -0.39 is 4.92 Å². The molecule has 2 N–H and O–H groups in total. The maximum absolute atomic E-state index is 11.9. The first kappa shape index (κ1) is 21.3. The SMILES string of the molecule is O=C(/C=C/c1cccc([N+](=O)[O-])c1)NCCCCNc1ccnc2cc(Cl)ccc12. The number of amides is 1. The van der Waals surface area contributed by atoms with Crippen molar-refractivity contribution in [1.82, 2.24) is 10.3 Å². The number of carbonyl (C=O) groups is 1. The Morgan fingerprint density at radius 3 is 2.80 bits per heavy atom. The highest BCUT2D eigenvalue weighted by Gasteiger charge is 2.04. The molecule has 30 heavy (non-hydrogen) atoms. The summed E-state index contributed by atoms with van der Waals surface area (Å²) in [5.74, 6) is -0.230. The van der Waals surface area contributed by atoms with Gasteiger partial charge in [0, 0.05) is 53.6 Å². The third-order valence-corrected chi connectivity index (χ3v) is 4.67. The molecule has 8 heteroatoms. The first-order chi connectivity index (χ1) is 14.5. The zero-order valence-electron chi connectivity index (χ0n) is 16.2. The highest BCUT2D eigenvalue weighted by Crippen LogP contribution is 2.24. The van der Waals surface area contributed by atoms with Crippen LogP contribution in [0.4, 0.5) is 11.4 Å². The molecule has 0 fully saturated rings. The molecule has 0 aliphatic heterocycles. The number of nitrogens with one attached hydrogen (secondary N) is 2. The molecule has 0 atom stereocenters. The van der Waals surface area contributed by atoms with Crippen molar-refractivity contribution in [3.63, 3.8) is 0 Å². The highest BCUT2D eigenvalue weighted by molar-refractivity contribution is 6.31. The minimum atomic E-state index is -0.463. The number of hydrogen-bond acceptors (Lipinski definition) is 5. The minimum absolute atomic E-state index is 0.00451. The van der Waals surface area contributed by atoms with E-state index in [1.165, 1.54) is 18.2 Å². The van der Waals surface area contributed by atoms with Crippen molar-refractivity contribution in [3.8, 4) is 0 Å². The van der Waals surface area contributed by atoms with Gasteiger partial charge in [-0.05, 0) is 48.7 Å².